The normalized spacial score (nSPS) is 10.3. The molecule has 1 rings (SSSR count). The number of carbonyl (C=O) groups is 1. The highest BCUT2D eigenvalue weighted by Gasteiger charge is 2.07. The van der Waals surface area contributed by atoms with E-state index in [2.05, 4.69) is 10.6 Å². The number of amides is 1. The second kappa shape index (κ2) is 8.44. The van der Waals surface area contributed by atoms with Crippen LogP contribution in [-0.4, -0.2) is 39.8 Å². The molecule has 0 saturated heterocycles. The Labute approximate surface area is 112 Å². The van der Waals surface area contributed by atoms with Crippen LogP contribution in [0.5, 0.6) is 5.75 Å². The van der Waals surface area contributed by atoms with Gasteiger partial charge in [0.25, 0.3) is 5.91 Å². The monoisotopic (exact) mass is 270 g/mol. The van der Waals surface area contributed by atoms with Gasteiger partial charge in [0.1, 0.15) is 0 Å². The lowest BCUT2D eigenvalue weighted by molar-refractivity contribution is -0.123. The topological polar surface area (TPSA) is 59.6 Å². The number of rotatable bonds is 8. The predicted molar refractivity (Wildman–Crippen MR) is 69.5 cm³/mol. The molecule has 0 aliphatic heterocycles. The molecule has 19 heavy (non-hydrogen) atoms. The van der Waals surface area contributed by atoms with Gasteiger partial charge in [0.05, 0.1) is 6.61 Å². The van der Waals surface area contributed by atoms with Gasteiger partial charge < -0.3 is 20.1 Å². The second-order valence-electron chi connectivity index (χ2n) is 3.93. The number of halogens is 1. The van der Waals surface area contributed by atoms with Gasteiger partial charge in [-0.1, -0.05) is 6.07 Å². The van der Waals surface area contributed by atoms with Crippen LogP contribution in [0.25, 0.3) is 0 Å². The van der Waals surface area contributed by atoms with E-state index in [0.717, 1.165) is 5.56 Å². The molecule has 106 valence electrons. The fourth-order valence-corrected chi connectivity index (χ4v) is 1.46. The zero-order valence-corrected chi connectivity index (χ0v) is 11.2. The summed E-state index contributed by atoms with van der Waals surface area (Å²) < 4.78 is 23.5. The van der Waals surface area contributed by atoms with Gasteiger partial charge in [-0.25, -0.2) is 4.39 Å². The maximum absolute atomic E-state index is 13.6. The van der Waals surface area contributed by atoms with Crippen molar-refractivity contribution in [2.75, 3.05) is 33.9 Å². The van der Waals surface area contributed by atoms with E-state index >= 15 is 0 Å². The van der Waals surface area contributed by atoms with E-state index in [0.29, 0.717) is 19.7 Å². The van der Waals surface area contributed by atoms with Crippen LogP contribution >= 0.6 is 0 Å². The van der Waals surface area contributed by atoms with Crippen LogP contribution in [0.4, 0.5) is 4.39 Å². The van der Waals surface area contributed by atoms with Gasteiger partial charge in [-0.15, -0.1) is 0 Å². The molecular weight excluding hydrogens is 251 g/mol. The molecule has 0 aliphatic rings. The Morgan fingerprint density at radius 3 is 2.84 bits per heavy atom. The van der Waals surface area contributed by atoms with Gasteiger partial charge in [0.15, 0.2) is 18.2 Å². The Morgan fingerprint density at radius 1 is 1.42 bits per heavy atom. The molecule has 1 aromatic carbocycles. The van der Waals surface area contributed by atoms with Crippen LogP contribution in [0.1, 0.15) is 5.56 Å². The average molecular weight is 270 g/mol. The Morgan fingerprint density at radius 2 is 2.21 bits per heavy atom. The molecule has 2 N–H and O–H groups in total. The molecule has 0 atom stereocenters. The van der Waals surface area contributed by atoms with Crippen molar-refractivity contribution in [3.8, 4) is 5.75 Å². The smallest absolute Gasteiger partial charge is 0.258 e. The minimum Gasteiger partial charge on any atom is -0.481 e. The molecule has 0 heterocycles. The summed E-state index contributed by atoms with van der Waals surface area (Å²) in [5, 5.41) is 5.51. The summed E-state index contributed by atoms with van der Waals surface area (Å²) in [6, 6.07) is 4.65. The summed E-state index contributed by atoms with van der Waals surface area (Å²) in [4.78, 5) is 11.3. The number of benzene rings is 1. The Kier molecular flexibility index (Phi) is 6.84. The zero-order valence-electron chi connectivity index (χ0n) is 11.2. The predicted octanol–water partition coefficient (Wildman–Crippen LogP) is 0.686. The van der Waals surface area contributed by atoms with Crippen molar-refractivity contribution in [2.45, 2.75) is 6.54 Å². The van der Waals surface area contributed by atoms with E-state index in [1.165, 1.54) is 12.1 Å². The number of methoxy groups -OCH3 is 1. The molecule has 0 fully saturated rings. The maximum atomic E-state index is 13.6. The number of hydrogen-bond donors (Lipinski definition) is 2. The quantitative estimate of drug-likeness (QED) is 0.682. The summed E-state index contributed by atoms with van der Waals surface area (Å²) in [7, 11) is 3.33. The highest BCUT2D eigenvalue weighted by Crippen LogP contribution is 2.18. The largest absolute Gasteiger partial charge is 0.481 e. The van der Waals surface area contributed by atoms with E-state index in [9.17, 15) is 9.18 Å². The molecule has 1 amide bonds. The summed E-state index contributed by atoms with van der Waals surface area (Å²) in [5.74, 6) is -0.713. The van der Waals surface area contributed by atoms with E-state index < -0.39 is 5.82 Å². The Balaban J connectivity index is 2.42. The molecule has 0 aromatic heterocycles. The number of nitrogens with one attached hydrogen (secondary N) is 2. The maximum Gasteiger partial charge on any atom is 0.258 e. The standard InChI is InChI=1S/C13H19FN2O3/c1-15-8-10-3-4-12(11(14)7-10)19-9-13(17)16-5-6-18-2/h3-4,7,15H,5-6,8-9H2,1-2H3,(H,16,17). The molecule has 0 aliphatic carbocycles. The minimum atomic E-state index is -0.475. The van der Waals surface area contributed by atoms with Gasteiger partial charge >= 0.3 is 0 Å². The van der Waals surface area contributed by atoms with Gasteiger partial charge in [-0.05, 0) is 24.7 Å². The van der Waals surface area contributed by atoms with Crippen LogP contribution in [0, 0.1) is 5.82 Å². The zero-order chi connectivity index (χ0) is 14.1. The lowest BCUT2D eigenvalue weighted by Gasteiger charge is -2.09. The molecular formula is C13H19FN2O3. The molecule has 0 spiro atoms. The first-order chi connectivity index (χ1) is 9.17. The van der Waals surface area contributed by atoms with Crippen molar-refractivity contribution in [3.05, 3.63) is 29.6 Å². The van der Waals surface area contributed by atoms with Crippen molar-refractivity contribution in [2.24, 2.45) is 0 Å². The first-order valence-electron chi connectivity index (χ1n) is 5.99. The van der Waals surface area contributed by atoms with E-state index in [1.54, 1.807) is 20.2 Å². The van der Waals surface area contributed by atoms with E-state index in [1.807, 2.05) is 0 Å². The summed E-state index contributed by atoms with van der Waals surface area (Å²) >= 11 is 0. The fraction of sp³-hybridized carbons (Fsp3) is 0.462. The van der Waals surface area contributed by atoms with Crippen LogP contribution in [0.15, 0.2) is 18.2 Å². The number of hydrogen-bond acceptors (Lipinski definition) is 4. The highest BCUT2D eigenvalue weighted by atomic mass is 19.1. The third-order valence-electron chi connectivity index (χ3n) is 2.36. The molecule has 6 heteroatoms. The summed E-state index contributed by atoms with van der Waals surface area (Å²) in [6.45, 7) is 1.20. The van der Waals surface area contributed by atoms with Gasteiger partial charge in [0.2, 0.25) is 0 Å². The average Bonchev–Trinajstić information content (AvgIpc) is 2.38. The van der Waals surface area contributed by atoms with E-state index in [-0.39, 0.29) is 18.3 Å². The van der Waals surface area contributed by atoms with Crippen LogP contribution in [0.2, 0.25) is 0 Å². The van der Waals surface area contributed by atoms with Crippen LogP contribution < -0.4 is 15.4 Å². The van der Waals surface area contributed by atoms with Crippen molar-refractivity contribution in [1.29, 1.82) is 0 Å². The minimum absolute atomic E-state index is 0.0711. The van der Waals surface area contributed by atoms with Crippen LogP contribution in [0.3, 0.4) is 0 Å². The van der Waals surface area contributed by atoms with Gasteiger partial charge in [-0.2, -0.15) is 0 Å². The highest BCUT2D eigenvalue weighted by molar-refractivity contribution is 5.77. The van der Waals surface area contributed by atoms with Gasteiger partial charge in [-0.3, -0.25) is 4.79 Å². The molecule has 0 radical (unpaired) electrons. The van der Waals surface area contributed by atoms with Crippen LogP contribution in [-0.2, 0) is 16.1 Å². The third-order valence-corrected chi connectivity index (χ3v) is 2.36. The summed E-state index contributed by atoms with van der Waals surface area (Å²) in [6.07, 6.45) is 0. The first kappa shape index (κ1) is 15.4. The summed E-state index contributed by atoms with van der Waals surface area (Å²) in [5.41, 5.74) is 0.817. The molecule has 0 bridgehead atoms. The van der Waals surface area contributed by atoms with Crippen molar-refractivity contribution in [3.63, 3.8) is 0 Å². The van der Waals surface area contributed by atoms with Gasteiger partial charge in [0, 0.05) is 20.2 Å². The van der Waals surface area contributed by atoms with Crippen molar-refractivity contribution in [1.82, 2.24) is 10.6 Å². The lowest BCUT2D eigenvalue weighted by atomic mass is 10.2. The Bertz CT molecular complexity index is 413. The molecule has 0 unspecified atom stereocenters. The van der Waals surface area contributed by atoms with Crippen molar-refractivity contribution < 1.29 is 18.7 Å². The number of ether oxygens (including phenoxy) is 2. The van der Waals surface area contributed by atoms with Crippen molar-refractivity contribution >= 4 is 5.91 Å². The molecule has 5 nitrogen and oxygen atoms in total. The fourth-order valence-electron chi connectivity index (χ4n) is 1.46. The lowest BCUT2D eigenvalue weighted by Crippen LogP contribution is -2.31. The molecule has 0 saturated carbocycles. The molecule has 1 aromatic rings. The van der Waals surface area contributed by atoms with E-state index in [4.69, 9.17) is 9.47 Å². The third kappa shape index (κ3) is 5.67. The number of carbonyl (C=O) groups excluding carboxylic acids is 1. The second-order valence-corrected chi connectivity index (χ2v) is 3.93. The Hall–Kier alpha value is -1.66. The SMILES string of the molecule is CNCc1ccc(OCC(=O)NCCOC)c(F)c1. The first-order valence-corrected chi connectivity index (χ1v) is 5.99.